The molecule has 1 aromatic rings. The molecule has 15 heavy (non-hydrogen) atoms. The Bertz CT molecular complexity index is 294. The molecule has 0 amide bonds. The van der Waals surface area contributed by atoms with E-state index in [4.69, 9.17) is 15.2 Å². The summed E-state index contributed by atoms with van der Waals surface area (Å²) in [5.74, 6) is 0.641. The molecule has 1 saturated heterocycles. The smallest absolute Gasteiger partial charge is 0.213 e. The van der Waals surface area contributed by atoms with Crippen LogP contribution >= 0.6 is 0 Å². The van der Waals surface area contributed by atoms with Gasteiger partial charge >= 0.3 is 0 Å². The zero-order valence-electron chi connectivity index (χ0n) is 8.69. The van der Waals surface area contributed by atoms with Crippen molar-refractivity contribution < 1.29 is 9.47 Å². The van der Waals surface area contributed by atoms with Crippen LogP contribution < -0.4 is 10.5 Å². The predicted molar refractivity (Wildman–Crippen MR) is 56.6 cm³/mol. The van der Waals surface area contributed by atoms with Crippen molar-refractivity contribution in [2.24, 2.45) is 5.73 Å². The Morgan fingerprint density at radius 3 is 3.07 bits per heavy atom. The first kappa shape index (κ1) is 10.4. The molecule has 1 fully saturated rings. The molecule has 2 rings (SSSR count). The lowest BCUT2D eigenvalue weighted by atomic mass is 10.2. The van der Waals surface area contributed by atoms with Crippen LogP contribution in [0.2, 0.25) is 0 Å². The van der Waals surface area contributed by atoms with Crippen LogP contribution in [-0.4, -0.2) is 24.3 Å². The second-order valence-electron chi connectivity index (χ2n) is 3.65. The highest BCUT2D eigenvalue weighted by atomic mass is 16.5. The first-order valence-corrected chi connectivity index (χ1v) is 5.28. The minimum atomic E-state index is 0.237. The topological polar surface area (TPSA) is 57.4 Å². The highest BCUT2D eigenvalue weighted by Gasteiger charge is 2.15. The third-order valence-corrected chi connectivity index (χ3v) is 2.47. The summed E-state index contributed by atoms with van der Waals surface area (Å²) in [7, 11) is 0. The van der Waals surface area contributed by atoms with Crippen molar-refractivity contribution in [3.05, 3.63) is 23.9 Å². The Morgan fingerprint density at radius 1 is 1.53 bits per heavy atom. The molecular weight excluding hydrogens is 192 g/mol. The van der Waals surface area contributed by atoms with E-state index < -0.39 is 0 Å². The number of hydrogen-bond acceptors (Lipinski definition) is 4. The Hall–Kier alpha value is -1.13. The molecule has 1 aliphatic rings. The first-order valence-electron chi connectivity index (χ1n) is 5.28. The van der Waals surface area contributed by atoms with E-state index in [0.717, 1.165) is 25.0 Å². The van der Waals surface area contributed by atoms with Gasteiger partial charge in [0, 0.05) is 25.4 Å². The number of nitrogens with two attached hydrogens (primary N) is 1. The lowest BCUT2D eigenvalue weighted by Gasteiger charge is -2.10. The van der Waals surface area contributed by atoms with Gasteiger partial charge in [0.05, 0.1) is 6.10 Å². The summed E-state index contributed by atoms with van der Waals surface area (Å²) in [5.41, 5.74) is 6.49. The summed E-state index contributed by atoms with van der Waals surface area (Å²) in [5, 5.41) is 0. The quantitative estimate of drug-likeness (QED) is 0.805. The molecule has 0 aliphatic carbocycles. The molecule has 4 heteroatoms. The highest BCUT2D eigenvalue weighted by molar-refractivity contribution is 5.17. The third-order valence-electron chi connectivity index (χ3n) is 2.47. The van der Waals surface area contributed by atoms with Crippen molar-refractivity contribution in [3.63, 3.8) is 0 Å². The zero-order chi connectivity index (χ0) is 10.5. The van der Waals surface area contributed by atoms with Crippen molar-refractivity contribution >= 4 is 0 Å². The van der Waals surface area contributed by atoms with Gasteiger partial charge in [-0.2, -0.15) is 0 Å². The zero-order valence-corrected chi connectivity index (χ0v) is 8.69. The molecule has 1 aromatic heterocycles. The molecule has 1 aliphatic heterocycles. The Balaban J connectivity index is 1.82. The van der Waals surface area contributed by atoms with E-state index in [1.165, 1.54) is 0 Å². The largest absolute Gasteiger partial charge is 0.475 e. The fourth-order valence-electron chi connectivity index (χ4n) is 1.57. The number of aromatic nitrogens is 1. The van der Waals surface area contributed by atoms with E-state index in [9.17, 15) is 0 Å². The molecule has 0 spiro atoms. The van der Waals surface area contributed by atoms with Crippen LogP contribution in [0.15, 0.2) is 18.3 Å². The number of nitrogens with zero attached hydrogens (tertiary/aromatic N) is 1. The van der Waals surface area contributed by atoms with E-state index in [1.54, 1.807) is 6.20 Å². The molecule has 0 bridgehead atoms. The van der Waals surface area contributed by atoms with Crippen LogP contribution in [0, 0.1) is 0 Å². The maximum absolute atomic E-state index is 5.51. The maximum atomic E-state index is 5.51. The van der Waals surface area contributed by atoms with Gasteiger partial charge in [-0.15, -0.1) is 0 Å². The standard InChI is InChI=1S/C11H16N2O2/c12-6-9-3-4-11(13-7-9)15-8-10-2-1-5-14-10/h3-4,7,10H,1-2,5-6,8,12H2. The van der Waals surface area contributed by atoms with Gasteiger partial charge in [0.2, 0.25) is 5.88 Å². The first-order chi connectivity index (χ1) is 7.38. The maximum Gasteiger partial charge on any atom is 0.213 e. The molecule has 1 atom stereocenters. The lowest BCUT2D eigenvalue weighted by molar-refractivity contribution is 0.0663. The average molecular weight is 208 g/mol. The summed E-state index contributed by atoms with van der Waals surface area (Å²) < 4.78 is 11.0. The summed E-state index contributed by atoms with van der Waals surface area (Å²) in [6, 6.07) is 3.77. The van der Waals surface area contributed by atoms with E-state index >= 15 is 0 Å². The second kappa shape index (κ2) is 5.09. The van der Waals surface area contributed by atoms with E-state index in [1.807, 2.05) is 12.1 Å². The van der Waals surface area contributed by atoms with Gasteiger partial charge in [0.15, 0.2) is 0 Å². The molecule has 0 saturated carbocycles. The monoisotopic (exact) mass is 208 g/mol. The number of ether oxygens (including phenoxy) is 2. The second-order valence-corrected chi connectivity index (χ2v) is 3.65. The average Bonchev–Trinajstić information content (AvgIpc) is 2.80. The van der Waals surface area contributed by atoms with Crippen LogP contribution in [-0.2, 0) is 11.3 Å². The Labute approximate surface area is 89.4 Å². The molecule has 0 radical (unpaired) electrons. The minimum absolute atomic E-state index is 0.237. The van der Waals surface area contributed by atoms with Crippen molar-refractivity contribution in [1.29, 1.82) is 0 Å². The normalized spacial score (nSPS) is 20.5. The van der Waals surface area contributed by atoms with E-state index in [-0.39, 0.29) is 6.10 Å². The van der Waals surface area contributed by atoms with Crippen molar-refractivity contribution in [2.75, 3.05) is 13.2 Å². The molecule has 4 nitrogen and oxygen atoms in total. The summed E-state index contributed by atoms with van der Waals surface area (Å²) in [6.45, 7) is 1.96. The molecule has 2 heterocycles. The molecule has 1 unspecified atom stereocenters. The van der Waals surface area contributed by atoms with E-state index in [2.05, 4.69) is 4.98 Å². The lowest BCUT2D eigenvalue weighted by Crippen LogP contribution is -2.16. The predicted octanol–water partition coefficient (Wildman–Crippen LogP) is 1.10. The van der Waals surface area contributed by atoms with Crippen molar-refractivity contribution in [1.82, 2.24) is 4.98 Å². The number of rotatable bonds is 4. The molecule has 2 N–H and O–H groups in total. The van der Waals surface area contributed by atoms with Gasteiger partial charge in [-0.05, 0) is 18.4 Å². The molecule has 82 valence electrons. The number of pyridine rings is 1. The highest BCUT2D eigenvalue weighted by Crippen LogP contribution is 2.14. The van der Waals surface area contributed by atoms with Crippen LogP contribution in [0.5, 0.6) is 5.88 Å². The Morgan fingerprint density at radius 2 is 2.47 bits per heavy atom. The van der Waals surface area contributed by atoms with Crippen molar-refractivity contribution in [2.45, 2.75) is 25.5 Å². The van der Waals surface area contributed by atoms with Gasteiger partial charge in [0.1, 0.15) is 6.61 Å². The van der Waals surface area contributed by atoms with Gasteiger partial charge in [0.25, 0.3) is 0 Å². The Kier molecular flexibility index (Phi) is 3.53. The van der Waals surface area contributed by atoms with Crippen LogP contribution in [0.1, 0.15) is 18.4 Å². The molecular formula is C11H16N2O2. The van der Waals surface area contributed by atoms with Gasteiger partial charge in [-0.25, -0.2) is 4.98 Å². The van der Waals surface area contributed by atoms with Gasteiger partial charge in [-0.1, -0.05) is 6.07 Å². The van der Waals surface area contributed by atoms with Crippen LogP contribution in [0.4, 0.5) is 0 Å². The van der Waals surface area contributed by atoms with Gasteiger partial charge < -0.3 is 15.2 Å². The SMILES string of the molecule is NCc1ccc(OCC2CCCO2)nc1. The molecule has 0 aromatic carbocycles. The van der Waals surface area contributed by atoms with Gasteiger partial charge in [-0.3, -0.25) is 0 Å². The fraction of sp³-hybridized carbons (Fsp3) is 0.545. The van der Waals surface area contributed by atoms with Crippen LogP contribution in [0.25, 0.3) is 0 Å². The van der Waals surface area contributed by atoms with E-state index in [0.29, 0.717) is 19.0 Å². The summed E-state index contributed by atoms with van der Waals surface area (Å²) in [6.07, 6.45) is 4.19. The van der Waals surface area contributed by atoms with Crippen molar-refractivity contribution in [3.8, 4) is 5.88 Å². The number of hydrogen-bond donors (Lipinski definition) is 1. The third kappa shape index (κ3) is 2.91. The van der Waals surface area contributed by atoms with Crippen LogP contribution in [0.3, 0.4) is 0 Å². The summed E-state index contributed by atoms with van der Waals surface area (Å²) in [4.78, 5) is 4.15. The summed E-state index contributed by atoms with van der Waals surface area (Å²) >= 11 is 0. The minimum Gasteiger partial charge on any atom is -0.475 e. The fourth-order valence-corrected chi connectivity index (χ4v) is 1.57.